The van der Waals surface area contributed by atoms with Crippen molar-refractivity contribution in [2.45, 2.75) is 25.0 Å². The molecule has 0 saturated carbocycles. The third kappa shape index (κ3) is 3.37. The number of aromatic nitrogens is 1. The van der Waals surface area contributed by atoms with Gasteiger partial charge in [0.05, 0.1) is 0 Å². The van der Waals surface area contributed by atoms with Gasteiger partial charge in [-0.3, -0.25) is 4.98 Å². The van der Waals surface area contributed by atoms with Crippen LogP contribution in [0.25, 0.3) is 11.1 Å². The predicted octanol–water partition coefficient (Wildman–Crippen LogP) is 4.22. The van der Waals surface area contributed by atoms with Crippen LogP contribution in [0.4, 0.5) is 0 Å². The normalized spacial score (nSPS) is 18.5. The second kappa shape index (κ2) is 7.40. The molecule has 1 spiro atoms. The van der Waals surface area contributed by atoms with Crippen molar-refractivity contribution in [2.75, 3.05) is 13.7 Å². The molecule has 0 fully saturated rings. The Hall–Kier alpha value is -3.82. The van der Waals surface area contributed by atoms with E-state index in [2.05, 4.69) is 22.9 Å². The van der Waals surface area contributed by atoms with Crippen molar-refractivity contribution < 1.29 is 14.2 Å². The molecular weight excluding hydrogens is 402 g/mol. The van der Waals surface area contributed by atoms with E-state index in [1.54, 1.807) is 13.3 Å². The Morgan fingerprint density at radius 3 is 2.53 bits per heavy atom. The zero-order chi connectivity index (χ0) is 22.3. The zero-order valence-corrected chi connectivity index (χ0v) is 18.2. The Kier molecular flexibility index (Phi) is 4.65. The van der Waals surface area contributed by atoms with Crippen LogP contribution in [-0.2, 0) is 15.0 Å². The third-order valence-corrected chi connectivity index (χ3v) is 5.81. The van der Waals surface area contributed by atoms with E-state index in [9.17, 15) is 0 Å². The van der Waals surface area contributed by atoms with Gasteiger partial charge in [-0.2, -0.15) is 0 Å². The number of amidine groups is 1. The van der Waals surface area contributed by atoms with Crippen molar-refractivity contribution in [2.24, 2.45) is 10.7 Å². The fourth-order valence-electron chi connectivity index (χ4n) is 3.92. The molecule has 0 bridgehead atoms. The number of pyridine rings is 1. The van der Waals surface area contributed by atoms with E-state index in [0.29, 0.717) is 12.4 Å². The molecule has 32 heavy (non-hydrogen) atoms. The lowest BCUT2D eigenvalue weighted by atomic mass is 9.80. The van der Waals surface area contributed by atoms with E-state index in [1.165, 1.54) is 0 Å². The first-order valence-corrected chi connectivity index (χ1v) is 10.3. The third-order valence-electron chi connectivity index (χ3n) is 5.81. The topological polar surface area (TPSA) is 79.0 Å². The summed E-state index contributed by atoms with van der Waals surface area (Å²) in [5, 5.41) is 0. The van der Waals surface area contributed by atoms with Crippen LogP contribution in [0.1, 0.15) is 30.5 Å². The van der Waals surface area contributed by atoms with Crippen LogP contribution >= 0.6 is 0 Å². The average Bonchev–Trinajstić information content (AvgIpc) is 3.21. The van der Waals surface area contributed by atoms with Crippen LogP contribution in [0.2, 0.25) is 0 Å². The average molecular weight is 425 g/mol. The molecule has 5 rings (SSSR count). The van der Waals surface area contributed by atoms with Gasteiger partial charge in [0.25, 0.3) is 6.02 Å². The molecule has 6 heteroatoms. The molecule has 1 aromatic heterocycles. The summed E-state index contributed by atoms with van der Waals surface area (Å²) in [5.41, 5.74) is 9.28. The number of rotatable bonds is 2. The highest BCUT2D eigenvalue weighted by Crippen LogP contribution is 2.51. The molecule has 0 unspecified atom stereocenters. The monoisotopic (exact) mass is 425 g/mol. The molecule has 2 aliphatic rings. The van der Waals surface area contributed by atoms with Crippen molar-refractivity contribution in [1.82, 2.24) is 4.98 Å². The molecule has 6 nitrogen and oxygen atoms in total. The maximum absolute atomic E-state index is 6.26. The van der Waals surface area contributed by atoms with E-state index in [-0.39, 0.29) is 6.02 Å². The van der Waals surface area contributed by atoms with Gasteiger partial charge in [-0.25, -0.2) is 4.99 Å². The number of fused-ring (bicyclic) bond motifs is 4. The number of hydrogen-bond acceptors (Lipinski definition) is 6. The van der Waals surface area contributed by atoms with Crippen LogP contribution in [0, 0.1) is 11.8 Å². The molecule has 1 atom stereocenters. The number of benzene rings is 2. The molecule has 0 aliphatic carbocycles. The first-order chi connectivity index (χ1) is 15.4. The first-order valence-electron chi connectivity index (χ1n) is 10.3. The van der Waals surface area contributed by atoms with Crippen molar-refractivity contribution >= 4 is 6.02 Å². The number of methoxy groups -OCH3 is 1. The quantitative estimate of drug-likeness (QED) is 0.622. The second-order valence-corrected chi connectivity index (χ2v) is 8.33. The van der Waals surface area contributed by atoms with Gasteiger partial charge in [-0.05, 0) is 55.8 Å². The summed E-state index contributed by atoms with van der Waals surface area (Å²) in [7, 11) is 1.65. The van der Waals surface area contributed by atoms with E-state index in [1.807, 2.05) is 62.5 Å². The lowest BCUT2D eigenvalue weighted by Crippen LogP contribution is -2.31. The number of aliphatic imine (C=N–C) groups is 1. The molecule has 0 saturated heterocycles. The van der Waals surface area contributed by atoms with Crippen molar-refractivity contribution in [3.63, 3.8) is 0 Å². The summed E-state index contributed by atoms with van der Waals surface area (Å²) < 4.78 is 17.4. The van der Waals surface area contributed by atoms with Gasteiger partial charge < -0.3 is 19.9 Å². The molecule has 3 heterocycles. The minimum absolute atomic E-state index is 0.160. The molecule has 2 aliphatic heterocycles. The molecular formula is C26H23N3O3. The zero-order valence-electron chi connectivity index (χ0n) is 18.2. The highest BCUT2D eigenvalue weighted by Gasteiger charge is 2.47. The van der Waals surface area contributed by atoms with Gasteiger partial charge in [0, 0.05) is 41.8 Å². The van der Waals surface area contributed by atoms with Crippen LogP contribution in [0.5, 0.6) is 11.5 Å². The van der Waals surface area contributed by atoms with E-state index < -0.39 is 11.1 Å². The summed E-state index contributed by atoms with van der Waals surface area (Å²) in [5.74, 6) is 7.80. The van der Waals surface area contributed by atoms with Crippen LogP contribution in [0.3, 0.4) is 0 Å². The maximum Gasteiger partial charge on any atom is 0.283 e. The van der Waals surface area contributed by atoms with Gasteiger partial charge >= 0.3 is 0 Å². The number of nitrogens with zero attached hydrogens (tertiary/aromatic N) is 2. The Morgan fingerprint density at radius 2 is 1.84 bits per heavy atom. The molecule has 160 valence electrons. The number of ether oxygens (including phenoxy) is 3. The van der Waals surface area contributed by atoms with Crippen molar-refractivity contribution in [3.05, 3.63) is 77.6 Å². The molecule has 2 N–H and O–H groups in total. The van der Waals surface area contributed by atoms with Gasteiger partial charge in [0.1, 0.15) is 23.7 Å². The minimum atomic E-state index is -0.806. The van der Waals surface area contributed by atoms with Gasteiger partial charge in [-0.1, -0.05) is 24.0 Å². The van der Waals surface area contributed by atoms with Crippen LogP contribution in [-0.4, -0.2) is 30.3 Å². The van der Waals surface area contributed by atoms with E-state index >= 15 is 0 Å². The minimum Gasteiger partial charge on any atom is -0.462 e. The van der Waals surface area contributed by atoms with Crippen molar-refractivity contribution in [1.29, 1.82) is 0 Å². The van der Waals surface area contributed by atoms with E-state index in [0.717, 1.165) is 33.6 Å². The van der Waals surface area contributed by atoms with Gasteiger partial charge in [-0.15, -0.1) is 0 Å². The Morgan fingerprint density at radius 1 is 1.06 bits per heavy atom. The number of hydrogen-bond donors (Lipinski definition) is 1. The summed E-state index contributed by atoms with van der Waals surface area (Å²) in [6.45, 7) is 4.14. The second-order valence-electron chi connectivity index (χ2n) is 8.33. The largest absolute Gasteiger partial charge is 0.462 e. The van der Waals surface area contributed by atoms with Gasteiger partial charge in [0.15, 0.2) is 5.54 Å². The molecule has 2 aromatic carbocycles. The summed E-state index contributed by atoms with van der Waals surface area (Å²) in [4.78, 5) is 9.01. The van der Waals surface area contributed by atoms with Crippen LogP contribution in [0.15, 0.2) is 65.9 Å². The standard InChI is InChI=1S/C26H23N3O3/c1-25(2,30-3)11-10-17-6-8-22-20(13-17)26(16-31-24(27)29-26)21-14-18(7-9-23(21)32-22)19-5-4-12-28-15-19/h4-9,12-15H,16H2,1-3H3,(H2,27,29)/t26-/m1/s1. The summed E-state index contributed by atoms with van der Waals surface area (Å²) >= 11 is 0. The fraction of sp³-hybridized carbons (Fsp3) is 0.231. The van der Waals surface area contributed by atoms with Gasteiger partial charge in [0.2, 0.25) is 0 Å². The Balaban J connectivity index is 1.66. The summed E-state index contributed by atoms with van der Waals surface area (Å²) in [6, 6.07) is 16.0. The number of nitrogens with two attached hydrogens (primary N) is 1. The SMILES string of the molecule is COC(C)(C)C#Cc1ccc2c(c1)[C@]1(COC(N)=N1)c1cc(-c3cccnc3)ccc1O2. The summed E-state index contributed by atoms with van der Waals surface area (Å²) in [6.07, 6.45) is 3.59. The molecule has 0 amide bonds. The van der Waals surface area contributed by atoms with Crippen LogP contribution < -0.4 is 10.5 Å². The fourth-order valence-corrected chi connectivity index (χ4v) is 3.92. The Labute approximate surface area is 187 Å². The lowest BCUT2D eigenvalue weighted by Gasteiger charge is -2.33. The molecule has 0 radical (unpaired) electrons. The predicted molar refractivity (Wildman–Crippen MR) is 123 cm³/mol. The van der Waals surface area contributed by atoms with E-state index in [4.69, 9.17) is 24.9 Å². The lowest BCUT2D eigenvalue weighted by molar-refractivity contribution is 0.0742. The highest BCUT2D eigenvalue weighted by atomic mass is 16.5. The Bertz CT molecular complexity index is 1290. The maximum atomic E-state index is 6.26. The smallest absolute Gasteiger partial charge is 0.283 e. The first kappa shape index (κ1) is 20.1. The van der Waals surface area contributed by atoms with Crippen molar-refractivity contribution in [3.8, 4) is 34.5 Å². The molecule has 3 aromatic rings. The highest BCUT2D eigenvalue weighted by molar-refractivity contribution is 5.78.